The second-order valence-electron chi connectivity index (χ2n) is 2.73. The summed E-state index contributed by atoms with van der Waals surface area (Å²) in [7, 11) is 0. The number of hydrogen-bond donors (Lipinski definition) is 2. The first-order chi connectivity index (χ1) is 6.61. The maximum Gasteiger partial charge on any atom is 0.339 e. The lowest BCUT2D eigenvalue weighted by Crippen LogP contribution is -2.01. The van der Waals surface area contributed by atoms with Crippen LogP contribution in [-0.4, -0.2) is 11.1 Å². The Labute approximate surface area is 88.4 Å². The van der Waals surface area contributed by atoms with Crippen LogP contribution in [0.3, 0.4) is 0 Å². The molecule has 1 N–H and O–H groups in total. The van der Waals surface area contributed by atoms with Crippen molar-refractivity contribution < 1.29 is 14.3 Å². The first kappa shape index (κ1) is 9.48. The summed E-state index contributed by atoms with van der Waals surface area (Å²) in [5.74, 6) is -1.99. The lowest BCUT2D eigenvalue weighted by atomic mass is 10.1. The van der Waals surface area contributed by atoms with Gasteiger partial charge in [0.25, 0.3) is 0 Å². The maximum atomic E-state index is 13.6. The van der Waals surface area contributed by atoms with Crippen molar-refractivity contribution in [3.63, 3.8) is 0 Å². The molecule has 0 aliphatic heterocycles. The molecule has 0 spiro atoms. The fourth-order valence-electron chi connectivity index (χ4n) is 1.26. The minimum Gasteiger partial charge on any atom is -0.478 e. The molecule has 0 amide bonds. The number of rotatable bonds is 1. The Kier molecular flexibility index (Phi) is 2.20. The first-order valence-corrected chi connectivity index (χ1v) is 5.06. The molecule has 0 bridgehead atoms. The molecule has 2 aromatic rings. The van der Waals surface area contributed by atoms with E-state index in [1.807, 2.05) is 0 Å². The third-order valence-corrected chi connectivity index (χ3v) is 3.15. The highest BCUT2D eigenvalue weighted by Crippen LogP contribution is 2.30. The van der Waals surface area contributed by atoms with Gasteiger partial charge >= 0.3 is 5.97 Å². The van der Waals surface area contributed by atoms with Gasteiger partial charge in [-0.1, -0.05) is 0 Å². The Bertz CT molecular complexity index is 519. The molecule has 0 unspecified atom stereocenters. The highest BCUT2D eigenvalue weighted by molar-refractivity contribution is 7.80. The molecule has 2 rings (SSSR count). The molecule has 1 aromatic carbocycles. The van der Waals surface area contributed by atoms with E-state index in [0.29, 0.717) is 10.1 Å². The van der Waals surface area contributed by atoms with E-state index < -0.39 is 11.8 Å². The normalized spacial score (nSPS) is 10.7. The number of thiol groups is 1. The maximum absolute atomic E-state index is 13.6. The summed E-state index contributed by atoms with van der Waals surface area (Å²) < 4.78 is 14.0. The SMILES string of the molecule is O=C(O)c1c(S)cc2ccsc2c1F. The van der Waals surface area contributed by atoms with Crippen molar-refractivity contribution in [2.45, 2.75) is 4.90 Å². The Morgan fingerprint density at radius 1 is 1.57 bits per heavy atom. The minimum atomic E-state index is -1.29. The van der Waals surface area contributed by atoms with Gasteiger partial charge in [-0.15, -0.1) is 24.0 Å². The van der Waals surface area contributed by atoms with Crippen LogP contribution in [0.25, 0.3) is 10.1 Å². The molecule has 0 radical (unpaired) electrons. The third-order valence-electron chi connectivity index (χ3n) is 1.88. The molecule has 0 aliphatic rings. The summed E-state index contributed by atoms with van der Waals surface area (Å²) in [5, 5.41) is 11.2. The number of carbonyl (C=O) groups is 1. The lowest BCUT2D eigenvalue weighted by Gasteiger charge is -2.02. The Morgan fingerprint density at radius 3 is 2.93 bits per heavy atom. The molecule has 0 aliphatic carbocycles. The zero-order valence-electron chi connectivity index (χ0n) is 6.82. The number of fused-ring (bicyclic) bond motifs is 1. The molecule has 2 nitrogen and oxygen atoms in total. The van der Waals surface area contributed by atoms with Crippen molar-refractivity contribution in [1.29, 1.82) is 0 Å². The summed E-state index contributed by atoms with van der Waals surface area (Å²) in [4.78, 5) is 10.9. The van der Waals surface area contributed by atoms with Gasteiger partial charge in [0.15, 0.2) is 5.82 Å². The van der Waals surface area contributed by atoms with Crippen molar-refractivity contribution in [3.8, 4) is 0 Å². The van der Waals surface area contributed by atoms with Crippen LogP contribution in [0.2, 0.25) is 0 Å². The van der Waals surface area contributed by atoms with Gasteiger partial charge in [-0.25, -0.2) is 9.18 Å². The summed E-state index contributed by atoms with van der Waals surface area (Å²) >= 11 is 5.12. The van der Waals surface area contributed by atoms with Crippen molar-refractivity contribution in [1.82, 2.24) is 0 Å². The van der Waals surface area contributed by atoms with E-state index in [0.717, 1.165) is 0 Å². The second-order valence-corrected chi connectivity index (χ2v) is 4.13. The number of halogens is 1. The van der Waals surface area contributed by atoms with Gasteiger partial charge in [-0.2, -0.15) is 0 Å². The van der Waals surface area contributed by atoms with Crippen molar-refractivity contribution in [2.75, 3.05) is 0 Å². The number of aromatic carboxylic acids is 1. The van der Waals surface area contributed by atoms with Crippen LogP contribution in [-0.2, 0) is 0 Å². The number of carboxylic acids is 1. The van der Waals surface area contributed by atoms with Crippen molar-refractivity contribution in [3.05, 3.63) is 28.9 Å². The molecular formula is C9H5FO2S2. The molecule has 0 fully saturated rings. The van der Waals surface area contributed by atoms with Crippen LogP contribution in [0, 0.1) is 5.82 Å². The van der Waals surface area contributed by atoms with E-state index in [4.69, 9.17) is 5.11 Å². The molecule has 0 saturated carbocycles. The van der Waals surface area contributed by atoms with E-state index >= 15 is 0 Å². The number of thiophene rings is 1. The quantitative estimate of drug-likeness (QED) is 0.736. The Hall–Kier alpha value is -1.07. The van der Waals surface area contributed by atoms with Gasteiger partial charge in [0, 0.05) is 4.90 Å². The molecule has 14 heavy (non-hydrogen) atoms. The van der Waals surface area contributed by atoms with Crippen LogP contribution in [0.15, 0.2) is 22.4 Å². The zero-order chi connectivity index (χ0) is 10.3. The van der Waals surface area contributed by atoms with Crippen molar-refractivity contribution >= 4 is 40.0 Å². The first-order valence-electron chi connectivity index (χ1n) is 3.73. The van der Waals surface area contributed by atoms with Crippen molar-refractivity contribution in [2.24, 2.45) is 0 Å². The molecule has 1 aromatic heterocycles. The summed E-state index contributed by atoms with van der Waals surface area (Å²) in [6.45, 7) is 0. The van der Waals surface area contributed by atoms with E-state index in [-0.39, 0.29) is 10.5 Å². The minimum absolute atomic E-state index is 0.154. The van der Waals surface area contributed by atoms with Crippen LogP contribution in [0.4, 0.5) is 4.39 Å². The van der Waals surface area contributed by atoms with E-state index in [2.05, 4.69) is 12.6 Å². The molecule has 5 heteroatoms. The largest absolute Gasteiger partial charge is 0.478 e. The van der Waals surface area contributed by atoms with E-state index in [1.165, 1.54) is 11.3 Å². The van der Waals surface area contributed by atoms with E-state index in [9.17, 15) is 9.18 Å². The van der Waals surface area contributed by atoms with Gasteiger partial charge in [-0.05, 0) is 22.9 Å². The number of hydrogen-bond acceptors (Lipinski definition) is 3. The van der Waals surface area contributed by atoms with Crippen LogP contribution < -0.4 is 0 Å². The van der Waals surface area contributed by atoms with Crippen LogP contribution in [0.1, 0.15) is 10.4 Å². The Balaban J connectivity index is 2.89. The highest BCUT2D eigenvalue weighted by Gasteiger charge is 2.18. The molecule has 72 valence electrons. The van der Waals surface area contributed by atoms with Gasteiger partial charge in [0.2, 0.25) is 0 Å². The average molecular weight is 228 g/mol. The molecule has 0 saturated heterocycles. The zero-order valence-corrected chi connectivity index (χ0v) is 8.53. The van der Waals surface area contributed by atoms with E-state index in [1.54, 1.807) is 17.5 Å². The standard InChI is InChI=1S/C9H5FO2S2/c10-7-6(9(11)12)5(13)3-4-1-2-14-8(4)7/h1-3,13H,(H,11,12). The predicted octanol–water partition coefficient (Wildman–Crippen LogP) is 3.03. The summed E-state index contributed by atoms with van der Waals surface area (Å²) in [5.41, 5.74) is -0.358. The highest BCUT2D eigenvalue weighted by atomic mass is 32.1. The van der Waals surface area contributed by atoms with Gasteiger partial charge in [0.05, 0.1) is 4.70 Å². The van der Waals surface area contributed by atoms with Gasteiger partial charge < -0.3 is 5.11 Å². The number of benzene rings is 1. The second kappa shape index (κ2) is 3.25. The fourth-order valence-corrected chi connectivity index (χ4v) is 2.41. The van der Waals surface area contributed by atoms with Crippen LogP contribution >= 0.6 is 24.0 Å². The van der Waals surface area contributed by atoms with Gasteiger partial charge in [0.1, 0.15) is 5.56 Å². The number of carboxylic acid groups (broad SMARTS) is 1. The topological polar surface area (TPSA) is 37.3 Å². The third kappa shape index (κ3) is 1.29. The van der Waals surface area contributed by atoms with Crippen LogP contribution in [0.5, 0.6) is 0 Å². The predicted molar refractivity (Wildman–Crippen MR) is 56.0 cm³/mol. The monoisotopic (exact) mass is 228 g/mol. The Morgan fingerprint density at radius 2 is 2.29 bits per heavy atom. The lowest BCUT2D eigenvalue weighted by molar-refractivity contribution is 0.0688. The molecular weight excluding hydrogens is 223 g/mol. The summed E-state index contributed by atoms with van der Waals surface area (Å²) in [6.07, 6.45) is 0. The fraction of sp³-hybridized carbons (Fsp3) is 0. The average Bonchev–Trinajstić information content (AvgIpc) is 2.50. The van der Waals surface area contributed by atoms with Gasteiger partial charge in [-0.3, -0.25) is 0 Å². The summed E-state index contributed by atoms with van der Waals surface area (Å²) in [6, 6.07) is 3.29. The smallest absolute Gasteiger partial charge is 0.339 e. The molecule has 1 heterocycles. The molecule has 0 atom stereocenters.